The van der Waals surface area contributed by atoms with Gasteiger partial charge in [-0.3, -0.25) is 4.79 Å². The van der Waals surface area contributed by atoms with E-state index in [4.69, 9.17) is 14.3 Å². The standard InChI is InChI=1S/C29H33F3N6O8S/c1-19-7-9-20(10-8-19)24-16-25(29(30,31)32)33-37(24)21-11-13-23(14-12-21)47(42,43)34-27(40)44-17-22-6-5-15-36(22)38(41)35-46-18-45-26(39)28(2,3)4/h7-14,16,22H,5-6,15,17-18H2,1-4H3,(H,34,40)/b38-35+/t22-/m0/s1. The summed E-state index contributed by atoms with van der Waals surface area (Å²) in [6.45, 7) is 6.04. The number of nitrogens with zero attached hydrogens (tertiary/aromatic N) is 5. The van der Waals surface area contributed by atoms with Crippen LogP contribution in [-0.2, 0) is 35.3 Å². The second kappa shape index (κ2) is 13.9. The molecule has 2 aromatic carbocycles. The zero-order chi connectivity index (χ0) is 34.6. The average Bonchev–Trinajstić information content (AvgIpc) is 3.66. The Hall–Kier alpha value is -4.87. The van der Waals surface area contributed by atoms with Gasteiger partial charge in [-0.05, 0) is 70.9 Å². The number of carbonyl (C=O) groups is 2. The number of hydrazine groups is 1. The third kappa shape index (κ3) is 8.90. The van der Waals surface area contributed by atoms with Crippen LogP contribution in [-0.4, -0.2) is 66.2 Å². The predicted octanol–water partition coefficient (Wildman–Crippen LogP) is 5.10. The van der Waals surface area contributed by atoms with Crippen molar-refractivity contribution in [3.05, 3.63) is 71.1 Å². The number of esters is 1. The number of nitrogens with one attached hydrogen (secondary N) is 1. The molecule has 0 aliphatic carbocycles. The molecule has 3 aromatic rings. The first-order chi connectivity index (χ1) is 22.0. The fraction of sp³-hybridized carbons (Fsp3) is 0.414. The zero-order valence-corrected chi connectivity index (χ0v) is 26.7. The van der Waals surface area contributed by atoms with Crippen molar-refractivity contribution < 1.29 is 50.5 Å². The fourth-order valence-corrected chi connectivity index (χ4v) is 5.30. The summed E-state index contributed by atoms with van der Waals surface area (Å²) in [7, 11) is -4.45. The van der Waals surface area contributed by atoms with Crippen LogP contribution in [0.15, 0.2) is 64.8 Å². The number of amides is 1. The number of aryl methyl sites for hydroxylation is 1. The lowest BCUT2D eigenvalue weighted by atomic mass is 9.98. The van der Waals surface area contributed by atoms with Crippen molar-refractivity contribution in [2.75, 3.05) is 19.9 Å². The fourth-order valence-electron chi connectivity index (χ4n) is 4.41. The molecule has 1 aliphatic rings. The number of benzene rings is 2. The molecule has 47 heavy (non-hydrogen) atoms. The Morgan fingerprint density at radius 2 is 1.74 bits per heavy atom. The molecule has 1 N–H and O–H groups in total. The van der Waals surface area contributed by atoms with Gasteiger partial charge in [0, 0.05) is 5.56 Å². The Balaban J connectivity index is 1.38. The van der Waals surface area contributed by atoms with Crippen molar-refractivity contribution in [3.63, 3.8) is 0 Å². The molecular formula is C29H33F3N6O8S. The first-order valence-corrected chi connectivity index (χ1v) is 15.7. The number of halogens is 3. The van der Waals surface area contributed by atoms with Crippen LogP contribution in [0.5, 0.6) is 0 Å². The molecule has 1 fully saturated rings. The highest BCUT2D eigenvalue weighted by atomic mass is 32.2. The van der Waals surface area contributed by atoms with E-state index in [1.54, 1.807) is 49.8 Å². The lowest BCUT2D eigenvalue weighted by molar-refractivity contribution is -0.715. The van der Waals surface area contributed by atoms with Crippen LogP contribution in [0.2, 0.25) is 0 Å². The van der Waals surface area contributed by atoms with Gasteiger partial charge in [0.2, 0.25) is 5.28 Å². The first kappa shape index (κ1) is 35.0. The van der Waals surface area contributed by atoms with Crippen molar-refractivity contribution in [1.29, 1.82) is 0 Å². The summed E-state index contributed by atoms with van der Waals surface area (Å²) in [5.41, 5.74) is -0.256. The van der Waals surface area contributed by atoms with Crippen molar-refractivity contribution in [1.82, 2.24) is 19.5 Å². The lowest BCUT2D eigenvalue weighted by Gasteiger charge is -2.20. The van der Waals surface area contributed by atoms with Crippen LogP contribution in [0.25, 0.3) is 16.9 Å². The van der Waals surface area contributed by atoms with Gasteiger partial charge >= 0.3 is 18.2 Å². The Morgan fingerprint density at radius 1 is 1.09 bits per heavy atom. The van der Waals surface area contributed by atoms with Crippen molar-refractivity contribution >= 4 is 22.1 Å². The zero-order valence-electron chi connectivity index (χ0n) is 25.9. The van der Waals surface area contributed by atoms with Gasteiger partial charge < -0.3 is 19.5 Å². The van der Waals surface area contributed by atoms with Crippen molar-refractivity contribution in [2.24, 2.45) is 10.7 Å². The minimum absolute atomic E-state index is 0.129. The van der Waals surface area contributed by atoms with E-state index >= 15 is 0 Å². The summed E-state index contributed by atoms with van der Waals surface area (Å²) in [6.07, 6.45) is -5.07. The SMILES string of the molecule is Cc1ccc(-c2cc(C(F)(F)F)nn2-c2ccc(S(=O)(=O)NC(=O)OC[C@@H]3CCCN3/[N+]([O-])=N\OCOC(=O)C(C)(C)C)cc2)cc1. The molecule has 1 aliphatic heterocycles. The van der Waals surface area contributed by atoms with Crippen LogP contribution in [0.3, 0.4) is 0 Å². The number of hydrogen-bond acceptors (Lipinski definition) is 10. The second-order valence-corrected chi connectivity index (χ2v) is 13.3. The molecular weight excluding hydrogens is 649 g/mol. The van der Waals surface area contributed by atoms with Gasteiger partial charge in [0.15, 0.2) is 5.69 Å². The van der Waals surface area contributed by atoms with E-state index in [0.29, 0.717) is 18.4 Å². The molecule has 4 rings (SSSR count). The Labute approximate surface area is 268 Å². The predicted molar refractivity (Wildman–Crippen MR) is 158 cm³/mol. The number of carbonyl (C=O) groups excluding carboxylic acids is 2. The van der Waals surface area contributed by atoms with E-state index < -0.39 is 52.2 Å². The van der Waals surface area contributed by atoms with Crippen LogP contribution in [0.1, 0.15) is 44.9 Å². The van der Waals surface area contributed by atoms with Crippen LogP contribution < -0.4 is 4.72 Å². The third-order valence-electron chi connectivity index (χ3n) is 6.91. The molecule has 1 saturated heterocycles. The van der Waals surface area contributed by atoms with Gasteiger partial charge in [-0.15, -0.1) is 5.01 Å². The third-order valence-corrected chi connectivity index (χ3v) is 8.24. The van der Waals surface area contributed by atoms with Gasteiger partial charge in [-0.2, -0.15) is 18.3 Å². The Kier molecular flexibility index (Phi) is 10.3. The van der Waals surface area contributed by atoms with Crippen molar-refractivity contribution in [2.45, 2.75) is 57.7 Å². The topological polar surface area (TPSA) is 167 Å². The molecule has 14 nitrogen and oxygen atoms in total. The number of rotatable bonds is 10. The Bertz CT molecular complexity index is 1720. The van der Waals surface area contributed by atoms with E-state index in [9.17, 15) is 36.4 Å². The summed E-state index contributed by atoms with van der Waals surface area (Å²) in [5.74, 6) is -0.556. The quantitative estimate of drug-likeness (QED) is 0.0759. The largest absolute Gasteiger partial charge is 0.569 e. The van der Waals surface area contributed by atoms with Gasteiger partial charge in [-0.25, -0.2) is 22.6 Å². The highest BCUT2D eigenvalue weighted by molar-refractivity contribution is 7.90. The van der Waals surface area contributed by atoms with Gasteiger partial charge in [0.05, 0.1) is 33.2 Å². The smallest absolute Gasteiger partial charge is 0.435 e. The van der Waals surface area contributed by atoms with E-state index in [1.165, 1.54) is 17.1 Å². The molecule has 0 radical (unpaired) electrons. The highest BCUT2D eigenvalue weighted by Gasteiger charge is 2.36. The molecule has 1 amide bonds. The van der Waals surface area contributed by atoms with E-state index in [2.05, 4.69) is 10.4 Å². The number of alkyl halides is 3. The van der Waals surface area contributed by atoms with Crippen LogP contribution in [0.4, 0.5) is 18.0 Å². The summed E-state index contributed by atoms with van der Waals surface area (Å²) in [5, 5.41) is 20.6. The summed E-state index contributed by atoms with van der Waals surface area (Å²) in [4.78, 5) is 28.7. The molecule has 254 valence electrons. The van der Waals surface area contributed by atoms with Crippen LogP contribution in [0, 0.1) is 17.5 Å². The Morgan fingerprint density at radius 3 is 2.36 bits per heavy atom. The molecule has 18 heteroatoms. The van der Waals surface area contributed by atoms with Crippen molar-refractivity contribution in [3.8, 4) is 16.9 Å². The maximum absolute atomic E-state index is 13.5. The molecule has 0 unspecified atom stereocenters. The average molecular weight is 683 g/mol. The number of aromatic nitrogens is 2. The highest BCUT2D eigenvalue weighted by Crippen LogP contribution is 2.33. The monoisotopic (exact) mass is 682 g/mol. The molecule has 1 atom stereocenters. The maximum Gasteiger partial charge on any atom is 0.435 e. The minimum atomic E-state index is -4.72. The molecule has 0 saturated carbocycles. The molecule has 0 bridgehead atoms. The summed E-state index contributed by atoms with van der Waals surface area (Å²) in [6, 6.07) is 11.7. The van der Waals surface area contributed by atoms with Gasteiger partial charge in [0.25, 0.3) is 16.8 Å². The molecule has 1 aromatic heterocycles. The van der Waals surface area contributed by atoms with Gasteiger partial charge in [0.1, 0.15) is 12.6 Å². The minimum Gasteiger partial charge on any atom is -0.569 e. The number of sulfonamides is 1. The summed E-state index contributed by atoms with van der Waals surface area (Å²) >= 11 is 0. The van der Waals surface area contributed by atoms with E-state index in [1.807, 2.05) is 6.92 Å². The number of hydrogen-bond donors (Lipinski definition) is 1. The number of ether oxygens (including phenoxy) is 2. The maximum atomic E-state index is 13.5. The van der Waals surface area contributed by atoms with Crippen LogP contribution >= 0.6 is 0 Å². The molecule has 0 spiro atoms. The summed E-state index contributed by atoms with van der Waals surface area (Å²) < 4.78 is 79.0. The van der Waals surface area contributed by atoms with E-state index in [-0.39, 0.29) is 34.4 Å². The second-order valence-electron chi connectivity index (χ2n) is 11.6. The first-order valence-electron chi connectivity index (χ1n) is 14.2. The lowest BCUT2D eigenvalue weighted by Crippen LogP contribution is -2.40. The van der Waals surface area contributed by atoms with E-state index in [0.717, 1.165) is 28.4 Å². The van der Waals surface area contributed by atoms with Gasteiger partial charge in [-0.1, -0.05) is 29.8 Å². The normalized spacial score (nSPS) is 15.8. The molecule has 2 heterocycles.